The van der Waals surface area contributed by atoms with E-state index in [-0.39, 0.29) is 23.6 Å². The van der Waals surface area contributed by atoms with Crippen molar-refractivity contribution in [3.63, 3.8) is 0 Å². The molecule has 172 valence electrons. The van der Waals surface area contributed by atoms with E-state index in [2.05, 4.69) is 20.7 Å². The van der Waals surface area contributed by atoms with Crippen LogP contribution in [0, 0.1) is 0 Å². The minimum atomic E-state index is -3.52. The molecule has 1 aromatic carbocycles. The summed E-state index contributed by atoms with van der Waals surface area (Å²) in [6.45, 7) is 1.18. The molecule has 3 rings (SSSR count). The Morgan fingerprint density at radius 1 is 1.25 bits per heavy atom. The summed E-state index contributed by atoms with van der Waals surface area (Å²) in [6, 6.07) is 5.61. The molecule has 0 aliphatic carbocycles. The molecule has 0 unspecified atom stereocenters. The summed E-state index contributed by atoms with van der Waals surface area (Å²) in [7, 11) is 1.65. The van der Waals surface area contributed by atoms with Crippen molar-refractivity contribution in [2.24, 2.45) is 0 Å². The van der Waals surface area contributed by atoms with Crippen molar-refractivity contribution in [3.8, 4) is 0 Å². The van der Waals surface area contributed by atoms with Crippen LogP contribution < -0.4 is 21.9 Å². The van der Waals surface area contributed by atoms with Gasteiger partial charge in [0.1, 0.15) is 5.69 Å². The average molecular weight is 449 g/mol. The van der Waals surface area contributed by atoms with Gasteiger partial charge in [0.15, 0.2) is 12.5 Å². The van der Waals surface area contributed by atoms with Crippen molar-refractivity contribution in [2.75, 3.05) is 30.1 Å². The summed E-state index contributed by atoms with van der Waals surface area (Å²) < 4.78 is 42.8. The molecule has 2 aromatic heterocycles. The Bertz CT molecular complexity index is 1130. The molecule has 32 heavy (non-hydrogen) atoms. The van der Waals surface area contributed by atoms with Crippen molar-refractivity contribution in [3.05, 3.63) is 63.7 Å². The van der Waals surface area contributed by atoms with Gasteiger partial charge < -0.3 is 16.4 Å². The number of halogens is 3. The van der Waals surface area contributed by atoms with Crippen LogP contribution in [0.2, 0.25) is 0 Å². The third-order valence-corrected chi connectivity index (χ3v) is 4.90. The van der Waals surface area contributed by atoms with E-state index in [1.54, 1.807) is 30.2 Å². The first kappa shape index (κ1) is 23.2. The summed E-state index contributed by atoms with van der Waals surface area (Å²) in [4.78, 5) is 17.0. The van der Waals surface area contributed by atoms with Gasteiger partial charge in [-0.1, -0.05) is 25.1 Å². The minimum Gasteiger partial charge on any atom is -0.373 e. The summed E-state index contributed by atoms with van der Waals surface area (Å²) in [5.41, 5.74) is 6.88. The average Bonchev–Trinajstić information content (AvgIpc) is 3.23. The molecule has 0 radical (unpaired) electrons. The van der Waals surface area contributed by atoms with Gasteiger partial charge in [0, 0.05) is 37.5 Å². The van der Waals surface area contributed by atoms with Gasteiger partial charge in [-0.25, -0.2) is 4.39 Å². The molecule has 2 heterocycles. The van der Waals surface area contributed by atoms with Crippen LogP contribution >= 0.6 is 0 Å². The van der Waals surface area contributed by atoms with E-state index in [1.807, 2.05) is 6.92 Å². The predicted octanol–water partition coefficient (Wildman–Crippen LogP) is 3.20. The third kappa shape index (κ3) is 5.04. The molecule has 0 saturated heterocycles. The molecule has 0 fully saturated rings. The largest absolute Gasteiger partial charge is 0.373 e. The van der Waals surface area contributed by atoms with Crippen molar-refractivity contribution >= 4 is 17.5 Å². The third-order valence-electron chi connectivity index (χ3n) is 4.90. The van der Waals surface area contributed by atoms with Crippen LogP contribution in [0.1, 0.15) is 30.0 Å². The smallest absolute Gasteiger partial charge is 0.301 e. The second-order valence-corrected chi connectivity index (χ2v) is 7.34. The van der Waals surface area contributed by atoms with E-state index < -0.39 is 12.6 Å². The summed E-state index contributed by atoms with van der Waals surface area (Å²) in [5.74, 6) is -3.03. The van der Waals surface area contributed by atoms with Crippen LogP contribution in [-0.4, -0.2) is 33.1 Å². The van der Waals surface area contributed by atoms with Gasteiger partial charge in [-0.2, -0.15) is 18.9 Å². The van der Waals surface area contributed by atoms with Crippen LogP contribution in [0.4, 0.5) is 30.6 Å². The Kier molecular flexibility index (Phi) is 7.06. The lowest BCUT2D eigenvalue weighted by Crippen LogP contribution is -2.28. The molecule has 0 amide bonds. The lowest BCUT2D eigenvalue weighted by Gasteiger charge is -2.15. The zero-order valence-electron chi connectivity index (χ0n) is 17.9. The van der Waals surface area contributed by atoms with Gasteiger partial charge in [-0.15, -0.1) is 0 Å². The number of aromatic nitrogens is 4. The Morgan fingerprint density at radius 2 is 2.03 bits per heavy atom. The monoisotopic (exact) mass is 449 g/mol. The molecule has 8 nitrogen and oxygen atoms in total. The first-order valence-electron chi connectivity index (χ1n) is 10.2. The van der Waals surface area contributed by atoms with Crippen LogP contribution in [0.5, 0.6) is 0 Å². The number of nitrogens with one attached hydrogen (secondary N) is 2. The number of nitrogen functional groups attached to an aromatic ring is 1. The van der Waals surface area contributed by atoms with Crippen LogP contribution in [0.15, 0.2) is 41.5 Å². The maximum absolute atomic E-state index is 13.6. The van der Waals surface area contributed by atoms with Crippen LogP contribution in [0.25, 0.3) is 0 Å². The lowest BCUT2D eigenvalue weighted by atomic mass is 10.1. The van der Waals surface area contributed by atoms with Crippen molar-refractivity contribution in [1.29, 1.82) is 0 Å². The van der Waals surface area contributed by atoms with Gasteiger partial charge in [-0.05, 0) is 18.1 Å². The Morgan fingerprint density at radius 3 is 2.72 bits per heavy atom. The highest BCUT2D eigenvalue weighted by atomic mass is 19.3. The fraction of sp³-hybridized carbons (Fsp3) is 0.381. The number of nitrogens with zero attached hydrogens (tertiary/aromatic N) is 4. The first-order valence-corrected chi connectivity index (χ1v) is 10.2. The highest BCUT2D eigenvalue weighted by molar-refractivity contribution is 5.64. The topological polar surface area (TPSA) is 103 Å². The maximum Gasteiger partial charge on any atom is 0.301 e. The predicted molar refractivity (Wildman–Crippen MR) is 118 cm³/mol. The van der Waals surface area contributed by atoms with Crippen molar-refractivity contribution in [2.45, 2.75) is 38.9 Å². The van der Waals surface area contributed by atoms with Gasteiger partial charge in [-0.3, -0.25) is 14.0 Å². The first-order chi connectivity index (χ1) is 15.3. The van der Waals surface area contributed by atoms with Gasteiger partial charge in [0.05, 0.1) is 12.7 Å². The lowest BCUT2D eigenvalue weighted by molar-refractivity contribution is -0.0281. The molecule has 11 heteroatoms. The summed E-state index contributed by atoms with van der Waals surface area (Å²) >= 11 is 0. The summed E-state index contributed by atoms with van der Waals surface area (Å²) in [6.07, 6.45) is 4.08. The van der Waals surface area contributed by atoms with E-state index in [9.17, 15) is 18.0 Å². The van der Waals surface area contributed by atoms with E-state index in [0.717, 1.165) is 12.0 Å². The number of anilines is 3. The number of hydrogen-bond donors (Lipinski definition) is 3. The van der Waals surface area contributed by atoms with E-state index in [1.165, 1.54) is 22.8 Å². The molecular weight excluding hydrogens is 423 g/mol. The highest BCUT2D eigenvalue weighted by Gasteiger charge is 2.31. The van der Waals surface area contributed by atoms with Crippen LogP contribution in [-0.2, 0) is 25.6 Å². The SMILES string of the molecule is CCCn1c(N)nc(NC)c(NCc2cnn(Cc3cccc(C(F)(F)CF)c3)c2)c1=O. The fourth-order valence-electron chi connectivity index (χ4n) is 3.29. The molecule has 0 atom stereocenters. The fourth-order valence-corrected chi connectivity index (χ4v) is 3.29. The summed E-state index contributed by atoms with van der Waals surface area (Å²) in [5, 5.41) is 10.2. The molecule has 4 N–H and O–H groups in total. The molecule has 0 aliphatic heterocycles. The number of hydrogen-bond acceptors (Lipinski definition) is 6. The van der Waals surface area contributed by atoms with Gasteiger partial charge in [0.25, 0.3) is 5.56 Å². The molecule has 0 aliphatic rings. The van der Waals surface area contributed by atoms with E-state index in [0.29, 0.717) is 30.2 Å². The van der Waals surface area contributed by atoms with Gasteiger partial charge in [0.2, 0.25) is 5.95 Å². The molecule has 0 spiro atoms. The van der Waals surface area contributed by atoms with E-state index in [4.69, 9.17) is 5.73 Å². The molecule has 3 aromatic rings. The Labute approximate surface area is 183 Å². The van der Waals surface area contributed by atoms with E-state index >= 15 is 0 Å². The van der Waals surface area contributed by atoms with Crippen LogP contribution in [0.3, 0.4) is 0 Å². The zero-order chi connectivity index (χ0) is 23.3. The number of rotatable bonds is 10. The minimum absolute atomic E-state index is 0.139. The molecular formula is C21H26F3N7O. The Balaban J connectivity index is 1.74. The number of alkyl halides is 3. The van der Waals surface area contributed by atoms with Crippen molar-refractivity contribution in [1.82, 2.24) is 19.3 Å². The number of nitrogens with two attached hydrogens (primary N) is 1. The zero-order valence-corrected chi connectivity index (χ0v) is 17.9. The molecule has 0 bridgehead atoms. The number of benzene rings is 1. The second kappa shape index (κ2) is 9.75. The maximum atomic E-state index is 13.6. The Hall–Kier alpha value is -3.50. The molecule has 0 saturated carbocycles. The standard InChI is InChI=1S/C21H26F3N7O/c1-3-7-31-19(32)17(18(26-2)29-20(31)25)27-9-15-10-28-30(12-15)11-14-5-4-6-16(8-14)21(23,24)13-22/h4-6,8,10,12,26-27H,3,7,9,11,13H2,1-2H3,(H2,25,29). The highest BCUT2D eigenvalue weighted by Crippen LogP contribution is 2.29. The van der Waals surface area contributed by atoms with Crippen molar-refractivity contribution < 1.29 is 13.2 Å². The normalized spacial score (nSPS) is 11.5. The quantitative estimate of drug-likeness (QED) is 0.439. The van der Waals surface area contributed by atoms with Gasteiger partial charge >= 0.3 is 5.92 Å². The second-order valence-electron chi connectivity index (χ2n) is 7.34.